The zero-order chi connectivity index (χ0) is 19.6. The van der Waals surface area contributed by atoms with Crippen LogP contribution in [0.4, 0.5) is 0 Å². The molecule has 2 amide bonds. The highest BCUT2D eigenvalue weighted by atomic mass is 16.2. The fourth-order valence-corrected chi connectivity index (χ4v) is 4.77. The van der Waals surface area contributed by atoms with Gasteiger partial charge in [-0.2, -0.15) is 10.2 Å². The van der Waals surface area contributed by atoms with Crippen molar-refractivity contribution in [3.8, 4) is 0 Å². The van der Waals surface area contributed by atoms with E-state index in [1.165, 1.54) is 12.8 Å². The van der Waals surface area contributed by atoms with E-state index in [2.05, 4.69) is 21.1 Å². The van der Waals surface area contributed by atoms with Crippen molar-refractivity contribution in [1.29, 1.82) is 0 Å². The van der Waals surface area contributed by atoms with E-state index in [1.54, 1.807) is 0 Å². The maximum absolute atomic E-state index is 12.1. The SMILES string of the molecule is O=C(N/N=C/C1CCC(/C=N/NC(=O)C2CCCCC2)CC1)C1CCCCC1. The van der Waals surface area contributed by atoms with Gasteiger partial charge in [0.2, 0.25) is 11.8 Å². The third-order valence-electron chi connectivity index (χ3n) is 6.69. The summed E-state index contributed by atoms with van der Waals surface area (Å²) in [6.07, 6.45) is 19.2. The van der Waals surface area contributed by atoms with Crippen molar-refractivity contribution in [2.75, 3.05) is 0 Å². The Balaban J connectivity index is 1.30. The average molecular weight is 389 g/mol. The summed E-state index contributed by atoms with van der Waals surface area (Å²) in [6, 6.07) is 0. The second-order valence-corrected chi connectivity index (χ2v) is 8.85. The van der Waals surface area contributed by atoms with Gasteiger partial charge in [-0.1, -0.05) is 38.5 Å². The number of hydrogen-bond acceptors (Lipinski definition) is 4. The summed E-state index contributed by atoms with van der Waals surface area (Å²) >= 11 is 0. The highest BCUT2D eigenvalue weighted by Gasteiger charge is 2.22. The summed E-state index contributed by atoms with van der Waals surface area (Å²) in [6.45, 7) is 0. The van der Waals surface area contributed by atoms with Gasteiger partial charge in [0.25, 0.3) is 0 Å². The van der Waals surface area contributed by atoms with Crippen molar-refractivity contribution in [2.24, 2.45) is 33.9 Å². The zero-order valence-corrected chi connectivity index (χ0v) is 17.1. The average Bonchev–Trinajstić information content (AvgIpc) is 2.76. The van der Waals surface area contributed by atoms with Crippen LogP contribution in [-0.4, -0.2) is 24.2 Å². The number of hydrazone groups is 2. The molecule has 156 valence electrons. The molecule has 3 saturated carbocycles. The van der Waals surface area contributed by atoms with Crippen LogP contribution in [0.3, 0.4) is 0 Å². The van der Waals surface area contributed by atoms with E-state index in [9.17, 15) is 9.59 Å². The van der Waals surface area contributed by atoms with Crippen LogP contribution >= 0.6 is 0 Å². The lowest BCUT2D eigenvalue weighted by atomic mass is 9.83. The van der Waals surface area contributed by atoms with Crippen LogP contribution in [0.15, 0.2) is 10.2 Å². The molecule has 0 saturated heterocycles. The van der Waals surface area contributed by atoms with Gasteiger partial charge in [-0.05, 0) is 63.2 Å². The lowest BCUT2D eigenvalue weighted by molar-refractivity contribution is -0.126. The fourth-order valence-electron chi connectivity index (χ4n) is 4.77. The summed E-state index contributed by atoms with van der Waals surface area (Å²) in [4.78, 5) is 24.2. The molecule has 0 atom stereocenters. The normalized spacial score (nSPS) is 27.9. The summed E-state index contributed by atoms with van der Waals surface area (Å²) in [5.74, 6) is 1.33. The molecule has 0 heterocycles. The van der Waals surface area contributed by atoms with Gasteiger partial charge >= 0.3 is 0 Å². The molecule has 2 N–H and O–H groups in total. The van der Waals surface area contributed by atoms with Gasteiger partial charge in [0.1, 0.15) is 0 Å². The van der Waals surface area contributed by atoms with Crippen LogP contribution in [0, 0.1) is 23.7 Å². The van der Waals surface area contributed by atoms with E-state index in [0.29, 0.717) is 11.8 Å². The number of rotatable bonds is 6. The third-order valence-corrected chi connectivity index (χ3v) is 6.69. The monoisotopic (exact) mass is 388 g/mol. The smallest absolute Gasteiger partial charge is 0.243 e. The lowest BCUT2D eigenvalue weighted by Gasteiger charge is -2.24. The summed E-state index contributed by atoms with van der Waals surface area (Å²) in [5.41, 5.74) is 5.49. The van der Waals surface area contributed by atoms with Gasteiger partial charge in [0.15, 0.2) is 0 Å². The van der Waals surface area contributed by atoms with E-state index in [4.69, 9.17) is 0 Å². The molecular formula is C22H36N4O2. The number of carbonyl (C=O) groups is 2. The van der Waals surface area contributed by atoms with Crippen molar-refractivity contribution < 1.29 is 9.59 Å². The highest BCUT2D eigenvalue weighted by molar-refractivity contribution is 5.80. The van der Waals surface area contributed by atoms with Crippen molar-refractivity contribution in [3.63, 3.8) is 0 Å². The standard InChI is InChI=1S/C22H36N4O2/c27-21(19-7-3-1-4-8-19)25-23-15-17-11-13-18(14-12-17)16-24-26-22(28)20-9-5-2-6-10-20/h15-20H,1-14H2,(H,25,27)(H,26,28)/b23-15+,24-16+. The largest absolute Gasteiger partial charge is 0.273 e. The predicted molar refractivity (Wildman–Crippen MR) is 112 cm³/mol. The van der Waals surface area contributed by atoms with Gasteiger partial charge in [-0.3, -0.25) is 9.59 Å². The topological polar surface area (TPSA) is 82.9 Å². The first-order valence-electron chi connectivity index (χ1n) is 11.4. The lowest BCUT2D eigenvalue weighted by Crippen LogP contribution is -2.29. The number of carbonyl (C=O) groups excluding carboxylic acids is 2. The van der Waals surface area contributed by atoms with Crippen molar-refractivity contribution in [1.82, 2.24) is 10.9 Å². The van der Waals surface area contributed by atoms with Crippen molar-refractivity contribution in [3.05, 3.63) is 0 Å². The van der Waals surface area contributed by atoms with Crippen LogP contribution in [0.5, 0.6) is 0 Å². The first kappa shape index (κ1) is 21.0. The second-order valence-electron chi connectivity index (χ2n) is 8.85. The molecule has 0 aromatic rings. The Morgan fingerprint density at radius 1 is 0.571 bits per heavy atom. The molecule has 0 spiro atoms. The molecule has 0 bridgehead atoms. The van der Waals surface area contributed by atoms with E-state index in [1.807, 2.05) is 12.4 Å². The molecule has 3 aliphatic rings. The fraction of sp³-hybridized carbons (Fsp3) is 0.818. The highest BCUT2D eigenvalue weighted by Crippen LogP contribution is 2.27. The maximum Gasteiger partial charge on any atom is 0.243 e. The van der Waals surface area contributed by atoms with E-state index in [0.717, 1.165) is 77.0 Å². The molecule has 0 aliphatic heterocycles. The quantitative estimate of drug-likeness (QED) is 0.529. The van der Waals surface area contributed by atoms with Gasteiger partial charge in [0.05, 0.1) is 0 Å². The Kier molecular flexibility index (Phi) is 8.49. The van der Waals surface area contributed by atoms with Crippen molar-refractivity contribution >= 4 is 24.2 Å². The Morgan fingerprint density at radius 3 is 1.29 bits per heavy atom. The number of amides is 2. The Labute approximate surface area is 169 Å². The molecule has 0 unspecified atom stereocenters. The molecule has 6 nitrogen and oxygen atoms in total. The van der Waals surface area contributed by atoms with Crippen molar-refractivity contribution in [2.45, 2.75) is 89.9 Å². The second kappa shape index (κ2) is 11.3. The molecule has 28 heavy (non-hydrogen) atoms. The van der Waals surface area contributed by atoms with E-state index in [-0.39, 0.29) is 23.7 Å². The maximum atomic E-state index is 12.1. The minimum atomic E-state index is 0.0884. The van der Waals surface area contributed by atoms with E-state index < -0.39 is 0 Å². The molecular weight excluding hydrogens is 352 g/mol. The molecule has 0 aromatic carbocycles. The molecule has 6 heteroatoms. The molecule has 0 radical (unpaired) electrons. The first-order valence-corrected chi connectivity index (χ1v) is 11.4. The Hall–Kier alpha value is -1.72. The van der Waals surface area contributed by atoms with Gasteiger partial charge in [-0.25, -0.2) is 10.9 Å². The first-order chi connectivity index (χ1) is 13.7. The summed E-state index contributed by atoms with van der Waals surface area (Å²) in [7, 11) is 0. The minimum Gasteiger partial charge on any atom is -0.273 e. The Bertz CT molecular complexity index is 505. The van der Waals surface area contributed by atoms with Gasteiger partial charge in [0, 0.05) is 24.3 Å². The number of hydrogen-bond donors (Lipinski definition) is 2. The summed E-state index contributed by atoms with van der Waals surface area (Å²) < 4.78 is 0. The molecule has 3 rings (SSSR count). The van der Waals surface area contributed by atoms with Crippen LogP contribution in [0.1, 0.15) is 89.9 Å². The predicted octanol–water partition coefficient (Wildman–Crippen LogP) is 4.16. The van der Waals surface area contributed by atoms with E-state index >= 15 is 0 Å². The third kappa shape index (κ3) is 6.71. The molecule has 3 fully saturated rings. The number of nitrogens with zero attached hydrogens (tertiary/aromatic N) is 2. The van der Waals surface area contributed by atoms with Gasteiger partial charge in [-0.15, -0.1) is 0 Å². The minimum absolute atomic E-state index is 0.0884. The Morgan fingerprint density at radius 2 is 0.929 bits per heavy atom. The van der Waals surface area contributed by atoms with Gasteiger partial charge < -0.3 is 0 Å². The van der Waals surface area contributed by atoms with Crippen LogP contribution in [-0.2, 0) is 9.59 Å². The number of nitrogens with one attached hydrogen (secondary N) is 2. The summed E-state index contributed by atoms with van der Waals surface area (Å²) in [5, 5.41) is 8.43. The van der Waals surface area contributed by atoms with Crippen LogP contribution < -0.4 is 10.9 Å². The van der Waals surface area contributed by atoms with Crippen LogP contribution in [0.25, 0.3) is 0 Å². The molecule has 3 aliphatic carbocycles. The van der Waals surface area contributed by atoms with Crippen LogP contribution in [0.2, 0.25) is 0 Å². The zero-order valence-electron chi connectivity index (χ0n) is 17.1. The molecule has 0 aromatic heterocycles.